The Balaban J connectivity index is 0.00000441. The second-order valence-electron chi connectivity index (χ2n) is 5.54. The Kier molecular flexibility index (Phi) is 10.2. The fourth-order valence-corrected chi connectivity index (χ4v) is 1.99. The molecule has 6 heteroatoms. The van der Waals surface area contributed by atoms with Crippen LogP contribution in [-0.4, -0.2) is 37.0 Å². The number of amides is 1. The van der Waals surface area contributed by atoms with Crippen molar-refractivity contribution in [3.8, 4) is 5.75 Å². The SMILES string of the molecule is CC(C)C(N)CCN(C)C(=O)CCOc1ccccc1Cl.Cl. The molecular formula is C16H26Cl2N2O2. The van der Waals surface area contributed by atoms with Gasteiger partial charge < -0.3 is 15.4 Å². The minimum absolute atomic E-state index is 0. The van der Waals surface area contributed by atoms with Crippen LogP contribution in [0.2, 0.25) is 5.02 Å². The molecule has 1 unspecified atom stereocenters. The first-order chi connectivity index (χ1) is 9.91. The van der Waals surface area contributed by atoms with E-state index in [1.54, 1.807) is 24.1 Å². The fourth-order valence-electron chi connectivity index (χ4n) is 1.80. The Morgan fingerprint density at radius 3 is 2.59 bits per heavy atom. The molecule has 0 aliphatic carbocycles. The number of nitrogens with two attached hydrogens (primary N) is 1. The molecule has 0 aromatic heterocycles. The Morgan fingerprint density at radius 2 is 2.00 bits per heavy atom. The molecule has 1 amide bonds. The lowest BCUT2D eigenvalue weighted by atomic mass is 10.0. The highest BCUT2D eigenvalue weighted by Gasteiger charge is 2.13. The van der Waals surface area contributed by atoms with Crippen molar-refractivity contribution in [3.05, 3.63) is 29.3 Å². The third-order valence-corrected chi connectivity index (χ3v) is 3.80. The van der Waals surface area contributed by atoms with Gasteiger partial charge in [-0.05, 0) is 24.5 Å². The molecule has 126 valence electrons. The van der Waals surface area contributed by atoms with Crippen molar-refractivity contribution in [2.45, 2.75) is 32.7 Å². The van der Waals surface area contributed by atoms with Crippen LogP contribution >= 0.6 is 24.0 Å². The van der Waals surface area contributed by atoms with E-state index in [9.17, 15) is 4.79 Å². The van der Waals surface area contributed by atoms with Crippen molar-refractivity contribution in [3.63, 3.8) is 0 Å². The average Bonchev–Trinajstić information content (AvgIpc) is 2.46. The summed E-state index contributed by atoms with van der Waals surface area (Å²) in [4.78, 5) is 13.7. The number of nitrogens with zero attached hydrogens (tertiary/aromatic N) is 1. The molecule has 0 aliphatic heterocycles. The van der Waals surface area contributed by atoms with Crippen LogP contribution in [0, 0.1) is 5.92 Å². The van der Waals surface area contributed by atoms with Crippen LogP contribution in [0.15, 0.2) is 24.3 Å². The summed E-state index contributed by atoms with van der Waals surface area (Å²) in [6, 6.07) is 7.37. The summed E-state index contributed by atoms with van der Waals surface area (Å²) in [5, 5.41) is 0.557. The molecule has 22 heavy (non-hydrogen) atoms. The molecular weight excluding hydrogens is 323 g/mol. The molecule has 2 N–H and O–H groups in total. The van der Waals surface area contributed by atoms with Crippen LogP contribution in [0.25, 0.3) is 0 Å². The number of halogens is 2. The number of hydrogen-bond acceptors (Lipinski definition) is 3. The molecule has 1 aromatic rings. The van der Waals surface area contributed by atoms with Crippen LogP contribution in [0.3, 0.4) is 0 Å². The van der Waals surface area contributed by atoms with Crippen molar-refractivity contribution in [2.75, 3.05) is 20.2 Å². The predicted molar refractivity (Wildman–Crippen MR) is 93.9 cm³/mol. The van der Waals surface area contributed by atoms with Crippen LogP contribution in [0.5, 0.6) is 5.75 Å². The first kappa shape index (κ1) is 21.0. The normalized spacial score (nSPS) is 11.7. The maximum absolute atomic E-state index is 12.0. The molecule has 1 rings (SSSR count). The largest absolute Gasteiger partial charge is 0.491 e. The summed E-state index contributed by atoms with van der Waals surface area (Å²) in [7, 11) is 1.80. The second kappa shape index (κ2) is 10.7. The van der Waals surface area contributed by atoms with Gasteiger partial charge in [-0.25, -0.2) is 0 Å². The summed E-state index contributed by atoms with van der Waals surface area (Å²) in [5.74, 6) is 1.09. The van der Waals surface area contributed by atoms with E-state index in [1.807, 2.05) is 12.1 Å². The van der Waals surface area contributed by atoms with E-state index in [2.05, 4.69) is 13.8 Å². The average molecular weight is 349 g/mol. The van der Waals surface area contributed by atoms with Gasteiger partial charge in [-0.15, -0.1) is 12.4 Å². The molecule has 1 atom stereocenters. The lowest BCUT2D eigenvalue weighted by Crippen LogP contribution is -2.35. The van der Waals surface area contributed by atoms with E-state index >= 15 is 0 Å². The zero-order valence-corrected chi connectivity index (χ0v) is 15.0. The van der Waals surface area contributed by atoms with Gasteiger partial charge in [0.1, 0.15) is 5.75 Å². The Labute approximate surface area is 144 Å². The minimum atomic E-state index is 0. The van der Waals surface area contributed by atoms with Gasteiger partial charge in [0.2, 0.25) is 5.91 Å². The van der Waals surface area contributed by atoms with Gasteiger partial charge in [0.25, 0.3) is 0 Å². The number of carbonyl (C=O) groups is 1. The van der Waals surface area contributed by atoms with Gasteiger partial charge in [-0.1, -0.05) is 37.6 Å². The number of ether oxygens (including phenoxy) is 1. The molecule has 0 heterocycles. The number of para-hydroxylation sites is 1. The summed E-state index contributed by atoms with van der Waals surface area (Å²) in [6.07, 6.45) is 1.14. The third-order valence-electron chi connectivity index (χ3n) is 3.49. The van der Waals surface area contributed by atoms with Gasteiger partial charge in [0.15, 0.2) is 0 Å². The van der Waals surface area contributed by atoms with Crippen molar-refractivity contribution in [1.82, 2.24) is 4.90 Å². The van der Waals surface area contributed by atoms with Gasteiger partial charge in [0, 0.05) is 19.6 Å². The molecule has 0 bridgehead atoms. The molecule has 0 fully saturated rings. The van der Waals surface area contributed by atoms with E-state index < -0.39 is 0 Å². The van der Waals surface area contributed by atoms with Crippen molar-refractivity contribution in [1.29, 1.82) is 0 Å². The summed E-state index contributed by atoms with van der Waals surface area (Å²) in [6.45, 7) is 5.17. The van der Waals surface area contributed by atoms with E-state index in [4.69, 9.17) is 22.1 Å². The summed E-state index contributed by atoms with van der Waals surface area (Å²) < 4.78 is 5.52. The highest BCUT2D eigenvalue weighted by atomic mass is 35.5. The summed E-state index contributed by atoms with van der Waals surface area (Å²) in [5.41, 5.74) is 5.98. The van der Waals surface area contributed by atoms with Crippen molar-refractivity contribution in [2.24, 2.45) is 11.7 Å². The number of benzene rings is 1. The van der Waals surface area contributed by atoms with Crippen molar-refractivity contribution >= 4 is 29.9 Å². The molecule has 0 radical (unpaired) electrons. The zero-order chi connectivity index (χ0) is 15.8. The van der Waals surface area contributed by atoms with Gasteiger partial charge in [0.05, 0.1) is 18.1 Å². The lowest BCUT2D eigenvalue weighted by molar-refractivity contribution is -0.130. The molecule has 4 nitrogen and oxygen atoms in total. The highest BCUT2D eigenvalue weighted by Crippen LogP contribution is 2.23. The van der Waals surface area contributed by atoms with E-state index in [0.29, 0.717) is 36.3 Å². The maximum Gasteiger partial charge on any atom is 0.225 e. The summed E-state index contributed by atoms with van der Waals surface area (Å²) >= 11 is 5.98. The van der Waals surface area contributed by atoms with Crippen LogP contribution < -0.4 is 10.5 Å². The Bertz CT molecular complexity index is 456. The van der Waals surface area contributed by atoms with Crippen LogP contribution in [0.4, 0.5) is 0 Å². The standard InChI is InChI=1S/C16H25ClN2O2.ClH/c1-12(2)14(18)8-10-19(3)16(20)9-11-21-15-7-5-4-6-13(15)17;/h4-7,12,14H,8-11,18H2,1-3H3;1H. The highest BCUT2D eigenvalue weighted by molar-refractivity contribution is 6.32. The minimum Gasteiger partial charge on any atom is -0.491 e. The van der Waals surface area contributed by atoms with Gasteiger partial charge in [-0.2, -0.15) is 0 Å². The van der Waals surface area contributed by atoms with Gasteiger partial charge in [-0.3, -0.25) is 4.79 Å². The van der Waals surface area contributed by atoms with E-state index in [0.717, 1.165) is 6.42 Å². The van der Waals surface area contributed by atoms with E-state index in [-0.39, 0.29) is 24.4 Å². The monoisotopic (exact) mass is 348 g/mol. The second-order valence-corrected chi connectivity index (χ2v) is 5.95. The smallest absolute Gasteiger partial charge is 0.225 e. The molecule has 0 saturated heterocycles. The number of hydrogen-bond donors (Lipinski definition) is 1. The first-order valence-electron chi connectivity index (χ1n) is 7.28. The Morgan fingerprint density at radius 1 is 1.36 bits per heavy atom. The van der Waals surface area contributed by atoms with Gasteiger partial charge >= 0.3 is 0 Å². The molecule has 0 aliphatic rings. The van der Waals surface area contributed by atoms with Crippen LogP contribution in [0.1, 0.15) is 26.7 Å². The van der Waals surface area contributed by atoms with Crippen molar-refractivity contribution < 1.29 is 9.53 Å². The maximum atomic E-state index is 12.0. The fraction of sp³-hybridized carbons (Fsp3) is 0.562. The number of rotatable bonds is 8. The quantitative estimate of drug-likeness (QED) is 0.783. The first-order valence-corrected chi connectivity index (χ1v) is 7.66. The predicted octanol–water partition coefficient (Wildman–Crippen LogP) is 3.36. The molecule has 0 spiro atoms. The number of carbonyl (C=O) groups excluding carboxylic acids is 1. The zero-order valence-electron chi connectivity index (χ0n) is 13.4. The topological polar surface area (TPSA) is 55.6 Å². The third kappa shape index (κ3) is 7.34. The molecule has 0 saturated carbocycles. The van der Waals surface area contributed by atoms with E-state index in [1.165, 1.54) is 0 Å². The lowest BCUT2D eigenvalue weighted by Gasteiger charge is -2.21. The van der Waals surface area contributed by atoms with Crippen LogP contribution in [-0.2, 0) is 4.79 Å². The molecule has 1 aromatic carbocycles. The Hall–Kier alpha value is -0.970.